The molecular formula is C21H19ClN6O. The molecule has 3 aromatic rings. The Kier molecular flexibility index (Phi) is 5.78. The number of allylic oxidation sites excluding steroid dienone is 1. The number of aliphatic imine (C=N–C) groups is 1. The fourth-order valence-corrected chi connectivity index (χ4v) is 3.45. The summed E-state index contributed by atoms with van der Waals surface area (Å²) in [6.07, 6.45) is 1.41. The highest BCUT2D eigenvalue weighted by atomic mass is 35.5. The summed E-state index contributed by atoms with van der Waals surface area (Å²) in [7, 11) is 1.61. The molecule has 0 radical (unpaired) electrons. The van der Waals surface area contributed by atoms with Gasteiger partial charge in [-0.2, -0.15) is 10.4 Å². The van der Waals surface area contributed by atoms with Crippen molar-refractivity contribution in [2.75, 3.05) is 7.05 Å². The number of hydrogen-bond acceptors (Lipinski definition) is 6. The number of hydrogen-bond donors (Lipinski definition) is 3. The summed E-state index contributed by atoms with van der Waals surface area (Å²) in [6.45, 7) is 1.79. The van der Waals surface area contributed by atoms with Gasteiger partial charge in [-0.1, -0.05) is 29.8 Å². The summed E-state index contributed by atoms with van der Waals surface area (Å²) < 4.78 is 0. The van der Waals surface area contributed by atoms with E-state index in [1.807, 2.05) is 0 Å². The van der Waals surface area contributed by atoms with Crippen LogP contribution < -0.4 is 17.0 Å². The minimum Gasteiger partial charge on any atom is -0.404 e. The van der Waals surface area contributed by atoms with Crippen LogP contribution in [0.3, 0.4) is 0 Å². The maximum atomic E-state index is 12.2. The summed E-state index contributed by atoms with van der Waals surface area (Å²) in [5.41, 5.74) is 14.9. The SMILES string of the molecule is CN=C(/C(=C\N)c1ccc2c(=O)[nH]nc(C(C)N)c2c1)c1cccc(Cl)c1C#N. The van der Waals surface area contributed by atoms with Crippen molar-refractivity contribution in [3.8, 4) is 6.07 Å². The van der Waals surface area contributed by atoms with E-state index in [1.165, 1.54) is 6.20 Å². The fraction of sp³-hybridized carbons (Fsp3) is 0.143. The smallest absolute Gasteiger partial charge is 0.272 e. The molecule has 146 valence electrons. The molecular weight excluding hydrogens is 388 g/mol. The third-order valence-corrected chi connectivity index (χ3v) is 4.90. The lowest BCUT2D eigenvalue weighted by Gasteiger charge is -2.15. The number of nitrogens with two attached hydrogens (primary N) is 2. The van der Waals surface area contributed by atoms with Crippen LogP contribution in [0, 0.1) is 11.3 Å². The number of halogens is 1. The predicted molar refractivity (Wildman–Crippen MR) is 116 cm³/mol. The Morgan fingerprint density at radius 1 is 1.34 bits per heavy atom. The summed E-state index contributed by atoms with van der Waals surface area (Å²) in [5, 5.41) is 17.5. The van der Waals surface area contributed by atoms with Crippen LogP contribution in [0.5, 0.6) is 0 Å². The number of nitrogens with one attached hydrogen (secondary N) is 1. The lowest BCUT2D eigenvalue weighted by Crippen LogP contribution is -2.16. The van der Waals surface area contributed by atoms with Gasteiger partial charge in [-0.3, -0.25) is 9.79 Å². The molecule has 1 aromatic heterocycles. The Hall–Kier alpha value is -3.47. The van der Waals surface area contributed by atoms with E-state index >= 15 is 0 Å². The van der Waals surface area contributed by atoms with Gasteiger partial charge in [0.15, 0.2) is 0 Å². The normalized spacial score (nSPS) is 13.3. The van der Waals surface area contributed by atoms with Gasteiger partial charge in [0.25, 0.3) is 5.56 Å². The van der Waals surface area contributed by atoms with Crippen LogP contribution in [0.15, 0.2) is 52.4 Å². The second kappa shape index (κ2) is 8.27. The molecule has 0 amide bonds. The van der Waals surface area contributed by atoms with Crippen molar-refractivity contribution in [3.63, 3.8) is 0 Å². The van der Waals surface area contributed by atoms with Gasteiger partial charge in [-0.15, -0.1) is 0 Å². The molecule has 7 nitrogen and oxygen atoms in total. The topological polar surface area (TPSA) is 134 Å². The maximum Gasteiger partial charge on any atom is 0.272 e. The van der Waals surface area contributed by atoms with Crippen LogP contribution in [-0.2, 0) is 0 Å². The first kappa shape index (κ1) is 20.3. The molecule has 0 aliphatic rings. The average Bonchev–Trinajstić information content (AvgIpc) is 2.71. The van der Waals surface area contributed by atoms with Gasteiger partial charge in [0, 0.05) is 35.8 Å². The molecule has 0 aliphatic heterocycles. The second-order valence-electron chi connectivity index (χ2n) is 6.41. The molecule has 1 heterocycles. The predicted octanol–water partition coefficient (Wildman–Crippen LogP) is 2.89. The monoisotopic (exact) mass is 406 g/mol. The molecule has 5 N–H and O–H groups in total. The third-order valence-electron chi connectivity index (χ3n) is 4.59. The number of nitrogens with zero attached hydrogens (tertiary/aromatic N) is 3. The number of rotatable bonds is 4. The molecule has 0 spiro atoms. The first-order valence-corrected chi connectivity index (χ1v) is 9.17. The van der Waals surface area contributed by atoms with Crippen molar-refractivity contribution in [2.45, 2.75) is 13.0 Å². The Labute approximate surface area is 172 Å². The first-order chi connectivity index (χ1) is 13.9. The van der Waals surface area contributed by atoms with E-state index in [0.717, 1.165) is 0 Å². The van der Waals surface area contributed by atoms with E-state index in [1.54, 1.807) is 50.4 Å². The van der Waals surface area contributed by atoms with Crippen LogP contribution in [0.25, 0.3) is 16.3 Å². The van der Waals surface area contributed by atoms with Crippen molar-refractivity contribution in [1.82, 2.24) is 10.2 Å². The van der Waals surface area contributed by atoms with Gasteiger partial charge in [-0.25, -0.2) is 5.10 Å². The Balaban J connectivity index is 2.25. The van der Waals surface area contributed by atoms with Crippen molar-refractivity contribution in [1.29, 1.82) is 5.26 Å². The summed E-state index contributed by atoms with van der Waals surface area (Å²) >= 11 is 6.19. The zero-order valence-corrected chi connectivity index (χ0v) is 16.7. The van der Waals surface area contributed by atoms with Crippen molar-refractivity contribution in [3.05, 3.63) is 80.4 Å². The number of nitriles is 1. The van der Waals surface area contributed by atoms with E-state index in [0.29, 0.717) is 49.5 Å². The standard InChI is InChI=1S/C21H19ClN6O/c1-11(25)19-15-8-12(6-7-14(15)21(29)28-27-19)16(9-23)20(26-2)13-4-3-5-18(22)17(13)10-24/h3-9,11H,23,25H2,1-2H3,(H,28,29)/b16-9-,26-20?. The molecule has 3 rings (SSSR count). The third kappa shape index (κ3) is 3.63. The molecule has 2 aromatic carbocycles. The van der Waals surface area contributed by atoms with Gasteiger partial charge in [0.1, 0.15) is 6.07 Å². The molecule has 1 unspecified atom stereocenters. The molecule has 0 bridgehead atoms. The highest BCUT2D eigenvalue weighted by molar-refractivity contribution is 6.36. The van der Waals surface area contributed by atoms with Crippen LogP contribution in [0.1, 0.15) is 35.3 Å². The lowest BCUT2D eigenvalue weighted by atomic mass is 9.92. The molecule has 8 heteroatoms. The minimum atomic E-state index is -0.382. The van der Waals surface area contributed by atoms with Gasteiger partial charge in [0.05, 0.1) is 27.4 Å². The van der Waals surface area contributed by atoms with Crippen molar-refractivity contribution in [2.24, 2.45) is 16.5 Å². The average molecular weight is 407 g/mol. The van der Waals surface area contributed by atoms with E-state index < -0.39 is 0 Å². The Bertz CT molecular complexity index is 1250. The van der Waals surface area contributed by atoms with E-state index in [-0.39, 0.29) is 11.6 Å². The molecule has 0 saturated heterocycles. The Morgan fingerprint density at radius 2 is 2.10 bits per heavy atom. The molecule has 29 heavy (non-hydrogen) atoms. The lowest BCUT2D eigenvalue weighted by molar-refractivity contribution is 0.759. The van der Waals surface area contributed by atoms with Crippen LogP contribution >= 0.6 is 11.6 Å². The summed E-state index contributed by atoms with van der Waals surface area (Å²) in [5.74, 6) is 0. The van der Waals surface area contributed by atoms with Gasteiger partial charge >= 0.3 is 0 Å². The maximum absolute atomic E-state index is 12.2. The highest BCUT2D eigenvalue weighted by Gasteiger charge is 2.19. The van der Waals surface area contributed by atoms with Crippen LogP contribution in [0.2, 0.25) is 5.02 Å². The van der Waals surface area contributed by atoms with Gasteiger partial charge in [-0.05, 0) is 30.7 Å². The van der Waals surface area contributed by atoms with Gasteiger partial charge in [0.2, 0.25) is 0 Å². The molecule has 0 aliphatic carbocycles. The first-order valence-electron chi connectivity index (χ1n) is 8.79. The van der Waals surface area contributed by atoms with E-state index in [4.69, 9.17) is 23.1 Å². The van der Waals surface area contributed by atoms with E-state index in [9.17, 15) is 10.1 Å². The second-order valence-corrected chi connectivity index (χ2v) is 6.82. The molecule has 0 saturated carbocycles. The van der Waals surface area contributed by atoms with Crippen molar-refractivity contribution < 1.29 is 0 Å². The summed E-state index contributed by atoms with van der Waals surface area (Å²) in [6, 6.07) is 12.1. The fourth-order valence-electron chi connectivity index (χ4n) is 3.23. The largest absolute Gasteiger partial charge is 0.404 e. The van der Waals surface area contributed by atoms with Gasteiger partial charge < -0.3 is 11.5 Å². The Morgan fingerprint density at radius 3 is 2.72 bits per heavy atom. The van der Waals surface area contributed by atoms with E-state index in [2.05, 4.69) is 21.3 Å². The quantitative estimate of drug-likeness (QED) is 0.572. The van der Waals surface area contributed by atoms with Crippen LogP contribution in [-0.4, -0.2) is 23.0 Å². The highest BCUT2D eigenvalue weighted by Crippen LogP contribution is 2.28. The molecule has 0 fully saturated rings. The number of aromatic nitrogens is 2. The minimum absolute atomic E-state index is 0.305. The number of H-pyrrole nitrogens is 1. The summed E-state index contributed by atoms with van der Waals surface area (Å²) in [4.78, 5) is 16.5. The van der Waals surface area contributed by atoms with Crippen molar-refractivity contribution >= 4 is 33.7 Å². The van der Waals surface area contributed by atoms with Crippen LogP contribution in [0.4, 0.5) is 0 Å². The number of fused-ring (bicyclic) bond motifs is 1. The number of aromatic amines is 1. The zero-order chi connectivity index (χ0) is 21.1. The zero-order valence-electron chi connectivity index (χ0n) is 15.9. The molecule has 1 atom stereocenters. The number of benzene rings is 2.